The van der Waals surface area contributed by atoms with Gasteiger partial charge in [0.05, 0.1) is 5.69 Å². The Hall–Kier alpha value is -1.69. The zero-order valence-electron chi connectivity index (χ0n) is 16.1. The molecular weight excluding hydrogens is 404 g/mol. The van der Waals surface area contributed by atoms with Gasteiger partial charge in [-0.3, -0.25) is 9.20 Å². The second-order valence-corrected chi connectivity index (χ2v) is 8.34. The average Bonchev–Trinajstić information content (AvgIpc) is 2.96. The Labute approximate surface area is 169 Å². The van der Waals surface area contributed by atoms with Gasteiger partial charge in [0.1, 0.15) is 11.3 Å². The van der Waals surface area contributed by atoms with E-state index in [-0.39, 0.29) is 5.91 Å². The Morgan fingerprint density at radius 3 is 2.26 bits per heavy atom. The minimum Gasteiger partial charge on any atom is -0.294 e. The van der Waals surface area contributed by atoms with E-state index in [1.54, 1.807) is 0 Å². The van der Waals surface area contributed by atoms with Crippen molar-refractivity contribution in [2.75, 3.05) is 0 Å². The van der Waals surface area contributed by atoms with Gasteiger partial charge in [-0.15, -0.1) is 0 Å². The minimum absolute atomic E-state index is 0.197. The summed E-state index contributed by atoms with van der Waals surface area (Å²) in [4.78, 5) is 17.2. The minimum atomic E-state index is -0.197. The lowest BCUT2D eigenvalue weighted by molar-refractivity contribution is 0.0948. The fourth-order valence-corrected chi connectivity index (χ4v) is 4.06. The summed E-state index contributed by atoms with van der Waals surface area (Å²) in [6.45, 7) is 1.86. The molecule has 0 aromatic carbocycles. The molecule has 6 heteroatoms. The van der Waals surface area contributed by atoms with E-state index in [0.29, 0.717) is 11.4 Å². The van der Waals surface area contributed by atoms with Gasteiger partial charge in [0.2, 0.25) is 0 Å². The predicted octanol–water partition coefficient (Wildman–Crippen LogP) is 5.80. The largest absolute Gasteiger partial charge is 0.294 e. The highest BCUT2D eigenvalue weighted by Crippen LogP contribution is 2.18. The molecule has 0 aliphatic heterocycles. The van der Waals surface area contributed by atoms with Crippen LogP contribution in [0.3, 0.4) is 0 Å². The molecule has 1 amide bonds. The van der Waals surface area contributed by atoms with Gasteiger partial charge in [-0.1, -0.05) is 44.9 Å². The quantitative estimate of drug-likeness (QED) is 0.609. The molecule has 0 radical (unpaired) electrons. The van der Waals surface area contributed by atoms with E-state index < -0.39 is 0 Å². The highest BCUT2D eigenvalue weighted by Gasteiger charge is 2.16. The standard InChI is InChI=1S/C21H29BrN4O/c1-16-20(26-15-17(22)13-14-19(26)23-16)21(27)25-24-18-11-9-7-5-3-2-4-6-8-10-12-18/h13-15H,2-12H2,1H3,(H,25,27). The van der Waals surface area contributed by atoms with Gasteiger partial charge < -0.3 is 0 Å². The number of hydrazone groups is 1. The van der Waals surface area contributed by atoms with Crippen LogP contribution >= 0.6 is 15.9 Å². The SMILES string of the molecule is Cc1nc2ccc(Br)cn2c1C(=O)NN=C1CCCCCCCCCCC1. The van der Waals surface area contributed by atoms with E-state index in [2.05, 4.69) is 31.4 Å². The van der Waals surface area contributed by atoms with Crippen LogP contribution in [0.4, 0.5) is 0 Å². The molecule has 1 aliphatic carbocycles. The number of nitrogens with one attached hydrogen (secondary N) is 1. The number of rotatable bonds is 2. The maximum atomic E-state index is 12.8. The third-order valence-corrected chi connectivity index (χ3v) is 5.69. The molecule has 2 aromatic rings. The van der Waals surface area contributed by atoms with E-state index in [4.69, 9.17) is 0 Å². The molecule has 1 aliphatic rings. The summed E-state index contributed by atoms with van der Waals surface area (Å²) >= 11 is 3.46. The van der Waals surface area contributed by atoms with Crippen LogP contribution < -0.4 is 5.43 Å². The maximum Gasteiger partial charge on any atom is 0.290 e. The van der Waals surface area contributed by atoms with Crippen molar-refractivity contribution in [3.63, 3.8) is 0 Å². The normalized spacial score (nSPS) is 17.2. The van der Waals surface area contributed by atoms with Gasteiger partial charge in [0.15, 0.2) is 0 Å². The molecule has 0 spiro atoms. The number of halogens is 1. The lowest BCUT2D eigenvalue weighted by Crippen LogP contribution is -2.22. The Balaban J connectivity index is 1.70. The molecule has 2 aromatic heterocycles. The third kappa shape index (κ3) is 5.64. The number of carbonyl (C=O) groups is 1. The van der Waals surface area contributed by atoms with Crippen molar-refractivity contribution in [3.05, 3.63) is 34.2 Å². The van der Waals surface area contributed by atoms with Crippen LogP contribution in [0.2, 0.25) is 0 Å². The fraction of sp³-hybridized carbons (Fsp3) is 0.571. The van der Waals surface area contributed by atoms with E-state index >= 15 is 0 Å². The molecule has 1 fully saturated rings. The second kappa shape index (κ2) is 10.0. The van der Waals surface area contributed by atoms with Crippen molar-refractivity contribution in [1.29, 1.82) is 0 Å². The number of amides is 1. The number of carbonyl (C=O) groups excluding carboxylic acids is 1. The average molecular weight is 433 g/mol. The summed E-state index contributed by atoms with van der Waals surface area (Å²) in [5, 5.41) is 4.50. The lowest BCUT2D eigenvalue weighted by atomic mass is 10.00. The molecule has 3 rings (SSSR count). The number of imidazole rings is 1. The number of hydrogen-bond acceptors (Lipinski definition) is 3. The molecule has 27 heavy (non-hydrogen) atoms. The van der Waals surface area contributed by atoms with Crippen LogP contribution in [-0.2, 0) is 0 Å². The van der Waals surface area contributed by atoms with E-state index in [9.17, 15) is 4.79 Å². The number of hydrogen-bond donors (Lipinski definition) is 1. The van der Waals surface area contributed by atoms with Crippen molar-refractivity contribution < 1.29 is 4.79 Å². The van der Waals surface area contributed by atoms with Crippen molar-refractivity contribution in [3.8, 4) is 0 Å². The molecule has 2 heterocycles. The van der Waals surface area contributed by atoms with Crippen LogP contribution in [0, 0.1) is 6.92 Å². The summed E-state index contributed by atoms with van der Waals surface area (Å²) in [7, 11) is 0. The van der Waals surface area contributed by atoms with Crippen molar-refractivity contribution in [1.82, 2.24) is 14.8 Å². The number of pyridine rings is 1. The zero-order valence-corrected chi connectivity index (χ0v) is 17.7. The first-order valence-electron chi connectivity index (χ1n) is 10.1. The van der Waals surface area contributed by atoms with E-state index in [1.165, 1.54) is 44.9 Å². The van der Waals surface area contributed by atoms with E-state index in [1.807, 2.05) is 29.7 Å². The van der Waals surface area contributed by atoms with Gasteiger partial charge in [0.25, 0.3) is 5.91 Å². The summed E-state index contributed by atoms with van der Waals surface area (Å²) in [6, 6.07) is 3.82. The van der Waals surface area contributed by atoms with Crippen LogP contribution in [0.5, 0.6) is 0 Å². The Morgan fingerprint density at radius 1 is 1.04 bits per heavy atom. The first-order chi connectivity index (χ1) is 13.1. The Bertz CT molecular complexity index is 798. The molecular formula is C21H29BrN4O. The second-order valence-electron chi connectivity index (χ2n) is 7.42. The first kappa shape index (κ1) is 20.1. The molecule has 5 nitrogen and oxygen atoms in total. The summed E-state index contributed by atoms with van der Waals surface area (Å²) in [6.07, 6.45) is 15.4. The topological polar surface area (TPSA) is 58.8 Å². The molecule has 0 unspecified atom stereocenters. The predicted molar refractivity (Wildman–Crippen MR) is 113 cm³/mol. The van der Waals surface area contributed by atoms with Gasteiger partial charge in [-0.2, -0.15) is 5.10 Å². The smallest absolute Gasteiger partial charge is 0.290 e. The van der Waals surface area contributed by atoms with Crippen molar-refractivity contribution in [2.45, 2.75) is 77.6 Å². The summed E-state index contributed by atoms with van der Waals surface area (Å²) < 4.78 is 2.72. The lowest BCUT2D eigenvalue weighted by Gasteiger charge is -2.10. The molecule has 0 atom stereocenters. The molecule has 1 N–H and O–H groups in total. The molecule has 0 bridgehead atoms. The number of aromatic nitrogens is 2. The summed E-state index contributed by atoms with van der Waals surface area (Å²) in [5.41, 5.74) is 5.94. The monoisotopic (exact) mass is 432 g/mol. The summed E-state index contributed by atoms with van der Waals surface area (Å²) in [5.74, 6) is -0.197. The van der Waals surface area contributed by atoms with Crippen LogP contribution in [0.1, 0.15) is 86.8 Å². The van der Waals surface area contributed by atoms with Crippen LogP contribution in [0.25, 0.3) is 5.65 Å². The van der Waals surface area contributed by atoms with Gasteiger partial charge in [0, 0.05) is 16.4 Å². The zero-order chi connectivity index (χ0) is 19.1. The van der Waals surface area contributed by atoms with Crippen LogP contribution in [0.15, 0.2) is 27.9 Å². The highest BCUT2D eigenvalue weighted by atomic mass is 79.9. The molecule has 0 saturated heterocycles. The highest BCUT2D eigenvalue weighted by molar-refractivity contribution is 9.10. The van der Waals surface area contributed by atoms with Gasteiger partial charge in [-0.05, 0) is 60.7 Å². The van der Waals surface area contributed by atoms with Crippen LogP contribution in [-0.4, -0.2) is 21.0 Å². The molecule has 1 saturated carbocycles. The number of fused-ring (bicyclic) bond motifs is 1. The first-order valence-corrected chi connectivity index (χ1v) is 10.9. The van der Waals surface area contributed by atoms with Crippen molar-refractivity contribution in [2.24, 2.45) is 5.10 Å². The number of aryl methyl sites for hydroxylation is 1. The van der Waals surface area contributed by atoms with Gasteiger partial charge >= 0.3 is 0 Å². The Morgan fingerprint density at radius 2 is 1.63 bits per heavy atom. The fourth-order valence-electron chi connectivity index (χ4n) is 3.73. The van der Waals surface area contributed by atoms with E-state index in [0.717, 1.165) is 41.5 Å². The van der Waals surface area contributed by atoms with Gasteiger partial charge in [-0.25, -0.2) is 10.4 Å². The molecule has 146 valence electrons. The van der Waals surface area contributed by atoms with Crippen molar-refractivity contribution >= 4 is 33.2 Å². The Kier molecular flexibility index (Phi) is 7.44. The third-order valence-electron chi connectivity index (χ3n) is 5.22. The maximum absolute atomic E-state index is 12.8. The number of nitrogens with zero attached hydrogens (tertiary/aromatic N) is 3.